The zero-order valence-corrected chi connectivity index (χ0v) is 17.2. The number of hydrogen-bond donors (Lipinski definition) is 1. The van der Waals surface area contributed by atoms with Crippen molar-refractivity contribution < 1.29 is 13.6 Å². The van der Waals surface area contributed by atoms with Crippen molar-refractivity contribution in [1.29, 1.82) is 0 Å². The van der Waals surface area contributed by atoms with E-state index < -0.39 is 11.6 Å². The molecule has 1 atom stereocenters. The number of halogens is 2. The van der Waals surface area contributed by atoms with Crippen molar-refractivity contribution in [2.45, 2.75) is 32.0 Å². The van der Waals surface area contributed by atoms with E-state index in [1.807, 2.05) is 51.1 Å². The number of nitrogens with zero attached hydrogens (tertiary/aromatic N) is 3. The number of rotatable bonds is 7. The molecular formula is C21H22F2N4OS. The van der Waals surface area contributed by atoms with Crippen molar-refractivity contribution in [2.75, 3.05) is 5.75 Å². The molecule has 1 amide bonds. The summed E-state index contributed by atoms with van der Waals surface area (Å²) in [4.78, 5) is 12.3. The van der Waals surface area contributed by atoms with Crippen LogP contribution >= 0.6 is 11.8 Å². The molecule has 3 rings (SSSR count). The maximum Gasteiger partial charge on any atom is 0.230 e. The Morgan fingerprint density at radius 1 is 1.10 bits per heavy atom. The number of carbonyl (C=O) groups excluding carboxylic acids is 1. The van der Waals surface area contributed by atoms with E-state index in [-0.39, 0.29) is 23.4 Å². The van der Waals surface area contributed by atoms with E-state index in [0.29, 0.717) is 16.9 Å². The first-order valence-electron chi connectivity index (χ1n) is 9.25. The standard InChI is InChI=1S/C21H22F2N4OS/c1-13(2)14(3)24-19(28)12-29-21-26-25-20(15-7-5-4-6-8-15)27(21)18-10-9-16(22)11-17(18)23/h4-11,13-14H,12H2,1-3H3,(H,24,28)/t14-/m0/s1. The van der Waals surface area contributed by atoms with Gasteiger partial charge in [0.25, 0.3) is 0 Å². The minimum Gasteiger partial charge on any atom is -0.353 e. The van der Waals surface area contributed by atoms with Crippen LogP contribution < -0.4 is 5.32 Å². The normalized spacial score (nSPS) is 12.2. The van der Waals surface area contributed by atoms with E-state index in [1.165, 1.54) is 16.7 Å². The second-order valence-electron chi connectivity index (χ2n) is 6.99. The van der Waals surface area contributed by atoms with Gasteiger partial charge in [-0.3, -0.25) is 9.36 Å². The van der Waals surface area contributed by atoms with Crippen LogP contribution in [-0.2, 0) is 4.79 Å². The highest BCUT2D eigenvalue weighted by Crippen LogP contribution is 2.29. The van der Waals surface area contributed by atoms with E-state index in [9.17, 15) is 13.6 Å². The molecule has 0 aliphatic heterocycles. The van der Waals surface area contributed by atoms with Gasteiger partial charge in [0.05, 0.1) is 11.4 Å². The minimum absolute atomic E-state index is 0.0374. The van der Waals surface area contributed by atoms with Crippen molar-refractivity contribution in [3.05, 3.63) is 60.2 Å². The highest BCUT2D eigenvalue weighted by molar-refractivity contribution is 7.99. The van der Waals surface area contributed by atoms with Crippen LogP contribution in [0.2, 0.25) is 0 Å². The van der Waals surface area contributed by atoms with Gasteiger partial charge in [-0.25, -0.2) is 8.78 Å². The van der Waals surface area contributed by atoms with Gasteiger partial charge >= 0.3 is 0 Å². The predicted molar refractivity (Wildman–Crippen MR) is 110 cm³/mol. The molecule has 0 spiro atoms. The molecule has 5 nitrogen and oxygen atoms in total. The fraction of sp³-hybridized carbons (Fsp3) is 0.286. The third kappa shape index (κ3) is 5.00. The van der Waals surface area contributed by atoms with Crippen LogP contribution in [0.25, 0.3) is 17.1 Å². The summed E-state index contributed by atoms with van der Waals surface area (Å²) in [6.07, 6.45) is 0. The maximum atomic E-state index is 14.5. The molecule has 1 N–H and O–H groups in total. The maximum absolute atomic E-state index is 14.5. The smallest absolute Gasteiger partial charge is 0.230 e. The van der Waals surface area contributed by atoms with Crippen molar-refractivity contribution in [2.24, 2.45) is 5.92 Å². The topological polar surface area (TPSA) is 59.8 Å². The number of aromatic nitrogens is 3. The van der Waals surface area contributed by atoms with Gasteiger partial charge in [0.15, 0.2) is 11.0 Å². The molecule has 8 heteroatoms. The van der Waals surface area contributed by atoms with Crippen molar-refractivity contribution in [3.63, 3.8) is 0 Å². The molecule has 2 aromatic carbocycles. The Kier molecular flexibility index (Phi) is 6.64. The van der Waals surface area contributed by atoms with Crippen molar-refractivity contribution in [1.82, 2.24) is 20.1 Å². The van der Waals surface area contributed by atoms with Gasteiger partial charge in [-0.1, -0.05) is 55.9 Å². The van der Waals surface area contributed by atoms with Gasteiger partial charge in [0.2, 0.25) is 5.91 Å². The first-order chi connectivity index (χ1) is 13.9. The summed E-state index contributed by atoms with van der Waals surface area (Å²) in [7, 11) is 0. The summed E-state index contributed by atoms with van der Waals surface area (Å²) >= 11 is 1.15. The number of nitrogens with one attached hydrogen (secondary N) is 1. The van der Waals surface area contributed by atoms with Gasteiger partial charge < -0.3 is 5.32 Å². The highest BCUT2D eigenvalue weighted by Gasteiger charge is 2.20. The monoisotopic (exact) mass is 416 g/mol. The fourth-order valence-corrected chi connectivity index (χ4v) is 3.37. The lowest BCUT2D eigenvalue weighted by molar-refractivity contribution is -0.119. The largest absolute Gasteiger partial charge is 0.353 e. The average Bonchev–Trinajstić information content (AvgIpc) is 3.10. The Morgan fingerprint density at radius 2 is 1.83 bits per heavy atom. The zero-order valence-electron chi connectivity index (χ0n) is 16.4. The molecule has 0 radical (unpaired) electrons. The highest BCUT2D eigenvalue weighted by atomic mass is 32.2. The Bertz CT molecular complexity index is 992. The van der Waals surface area contributed by atoms with Gasteiger partial charge in [-0.2, -0.15) is 0 Å². The van der Waals surface area contributed by atoms with Crippen LogP contribution in [0.1, 0.15) is 20.8 Å². The number of hydrogen-bond acceptors (Lipinski definition) is 4. The molecule has 29 heavy (non-hydrogen) atoms. The SMILES string of the molecule is CC(C)[C@H](C)NC(=O)CSc1nnc(-c2ccccc2)n1-c1ccc(F)cc1F. The first kappa shape index (κ1) is 21.0. The molecular weight excluding hydrogens is 394 g/mol. The predicted octanol–water partition coefficient (Wildman–Crippen LogP) is 4.47. The summed E-state index contributed by atoms with van der Waals surface area (Å²) in [5.74, 6) is -0.724. The summed E-state index contributed by atoms with van der Waals surface area (Å²) < 4.78 is 29.5. The Morgan fingerprint density at radius 3 is 2.48 bits per heavy atom. The summed E-state index contributed by atoms with van der Waals surface area (Å²) in [5.41, 5.74) is 0.849. The van der Waals surface area contributed by atoms with Crippen molar-refractivity contribution in [3.8, 4) is 17.1 Å². The quantitative estimate of drug-likeness (QED) is 0.578. The summed E-state index contributed by atoms with van der Waals surface area (Å²) in [5, 5.41) is 11.6. The first-order valence-corrected chi connectivity index (χ1v) is 10.2. The molecule has 0 unspecified atom stereocenters. The third-order valence-electron chi connectivity index (χ3n) is 4.54. The van der Waals surface area contributed by atoms with E-state index in [4.69, 9.17) is 0 Å². The van der Waals surface area contributed by atoms with Gasteiger partial charge in [0.1, 0.15) is 11.6 Å². The van der Waals surface area contributed by atoms with Gasteiger partial charge in [-0.05, 0) is 25.0 Å². The zero-order chi connectivity index (χ0) is 21.0. The number of thioether (sulfide) groups is 1. The van der Waals surface area contributed by atoms with E-state index in [2.05, 4.69) is 15.5 Å². The molecule has 3 aromatic rings. The van der Waals surface area contributed by atoms with Crippen LogP contribution in [0, 0.1) is 17.6 Å². The summed E-state index contributed by atoms with van der Waals surface area (Å²) in [6.45, 7) is 5.99. The lowest BCUT2D eigenvalue weighted by Crippen LogP contribution is -2.37. The molecule has 0 fully saturated rings. The molecule has 0 bridgehead atoms. The van der Waals surface area contributed by atoms with Crippen LogP contribution in [0.3, 0.4) is 0 Å². The molecule has 152 valence electrons. The van der Waals surface area contributed by atoms with Crippen LogP contribution in [0.4, 0.5) is 8.78 Å². The Balaban J connectivity index is 1.93. The lowest BCUT2D eigenvalue weighted by atomic mass is 10.1. The van der Waals surface area contributed by atoms with Crippen LogP contribution in [0.5, 0.6) is 0 Å². The molecule has 1 aromatic heterocycles. The molecule has 0 saturated carbocycles. The second-order valence-corrected chi connectivity index (χ2v) is 7.93. The Labute approximate surface area is 172 Å². The van der Waals surface area contributed by atoms with Gasteiger partial charge in [-0.15, -0.1) is 10.2 Å². The molecule has 0 saturated heterocycles. The molecule has 0 aliphatic rings. The molecule has 1 heterocycles. The summed E-state index contributed by atoms with van der Waals surface area (Å²) in [6, 6.07) is 12.6. The Hall–Kier alpha value is -2.74. The number of carbonyl (C=O) groups is 1. The minimum atomic E-state index is -0.735. The van der Waals surface area contributed by atoms with Crippen molar-refractivity contribution >= 4 is 17.7 Å². The number of benzene rings is 2. The van der Waals surface area contributed by atoms with E-state index in [1.54, 1.807) is 0 Å². The lowest BCUT2D eigenvalue weighted by Gasteiger charge is -2.17. The third-order valence-corrected chi connectivity index (χ3v) is 5.47. The van der Waals surface area contributed by atoms with E-state index in [0.717, 1.165) is 23.4 Å². The average molecular weight is 416 g/mol. The second kappa shape index (κ2) is 9.17. The number of amides is 1. The fourth-order valence-electron chi connectivity index (χ4n) is 2.61. The van der Waals surface area contributed by atoms with Gasteiger partial charge in [0, 0.05) is 17.7 Å². The van der Waals surface area contributed by atoms with Crippen LogP contribution in [0.15, 0.2) is 53.7 Å². The van der Waals surface area contributed by atoms with E-state index >= 15 is 0 Å². The van der Waals surface area contributed by atoms with Crippen LogP contribution in [-0.4, -0.2) is 32.5 Å². The molecule has 0 aliphatic carbocycles.